The predicted molar refractivity (Wildman–Crippen MR) is 65.4 cm³/mol. The highest BCUT2D eigenvalue weighted by Crippen LogP contribution is 2.00. The molecule has 0 spiro atoms. The van der Waals surface area contributed by atoms with Gasteiger partial charge in [0.15, 0.2) is 0 Å². The van der Waals surface area contributed by atoms with Gasteiger partial charge in [-0.25, -0.2) is 4.79 Å². The molecule has 0 amide bonds. The predicted octanol–water partition coefficient (Wildman–Crippen LogP) is 0.821. The van der Waals surface area contributed by atoms with Crippen LogP contribution in [0.25, 0.3) is 0 Å². The van der Waals surface area contributed by atoms with Crippen molar-refractivity contribution < 1.29 is 4.74 Å². The molecule has 1 atom stereocenters. The normalized spacial score (nSPS) is 12.7. The van der Waals surface area contributed by atoms with Gasteiger partial charge < -0.3 is 4.74 Å². The molecule has 1 aromatic heterocycles. The zero-order valence-corrected chi connectivity index (χ0v) is 11.0. The summed E-state index contributed by atoms with van der Waals surface area (Å²) in [7, 11) is 0. The fourth-order valence-corrected chi connectivity index (χ4v) is 1.91. The molecule has 0 radical (unpaired) electrons. The van der Waals surface area contributed by atoms with E-state index in [1.54, 1.807) is 6.92 Å². The number of H-pyrrole nitrogens is 1. The topological polar surface area (TPSA) is 64.1 Å². The second-order valence-electron chi connectivity index (χ2n) is 3.27. The second-order valence-corrected chi connectivity index (χ2v) is 4.22. The molecule has 1 N–H and O–H groups in total. The van der Waals surface area contributed by atoms with Gasteiger partial charge in [-0.05, 0) is 6.92 Å². The van der Waals surface area contributed by atoms with Gasteiger partial charge in [0.1, 0.15) is 6.73 Å². The van der Waals surface area contributed by atoms with Crippen molar-refractivity contribution in [2.24, 2.45) is 0 Å². The lowest BCUT2D eigenvalue weighted by Gasteiger charge is -2.13. The summed E-state index contributed by atoms with van der Waals surface area (Å²) in [6.07, 6.45) is 1.29. The Morgan fingerprint density at radius 2 is 2.31 bits per heavy atom. The number of alkyl halides is 2. The van der Waals surface area contributed by atoms with Crippen LogP contribution < -0.4 is 11.2 Å². The van der Waals surface area contributed by atoms with E-state index in [1.165, 1.54) is 10.8 Å². The Labute approximate surface area is 106 Å². The maximum atomic E-state index is 11.4. The lowest BCUT2D eigenvalue weighted by Crippen LogP contribution is -2.32. The molecule has 0 bridgehead atoms. The summed E-state index contributed by atoms with van der Waals surface area (Å²) in [6, 6.07) is 0. The van der Waals surface area contributed by atoms with Crippen molar-refractivity contribution in [3.8, 4) is 0 Å². The fraction of sp³-hybridized carbons (Fsp3) is 0.556. The van der Waals surface area contributed by atoms with Gasteiger partial charge in [-0.3, -0.25) is 14.3 Å². The molecule has 0 aliphatic carbocycles. The quantitative estimate of drug-likeness (QED) is 0.819. The zero-order valence-electron chi connectivity index (χ0n) is 8.70. The second kappa shape index (κ2) is 6.22. The van der Waals surface area contributed by atoms with Crippen molar-refractivity contribution in [3.05, 3.63) is 32.6 Å². The Morgan fingerprint density at radius 3 is 2.88 bits per heavy atom. The van der Waals surface area contributed by atoms with Crippen molar-refractivity contribution in [3.63, 3.8) is 0 Å². The molecule has 0 aliphatic rings. The molecule has 0 aliphatic heterocycles. The number of aromatic amines is 1. The molecule has 1 rings (SSSR count). The first-order chi connectivity index (χ1) is 7.58. The van der Waals surface area contributed by atoms with Gasteiger partial charge in [0.05, 0.1) is 6.10 Å². The summed E-state index contributed by atoms with van der Waals surface area (Å²) in [4.78, 5) is 24.7. The van der Waals surface area contributed by atoms with Crippen molar-refractivity contribution in [1.29, 1.82) is 0 Å². The fourth-order valence-electron chi connectivity index (χ4n) is 1.03. The highest BCUT2D eigenvalue weighted by atomic mass is 79.9. The smallest absolute Gasteiger partial charge is 0.330 e. The molecular formula is C9H12BrClN2O3. The number of ether oxygens (including phenoxy) is 1. The van der Waals surface area contributed by atoms with Crippen LogP contribution in [0.3, 0.4) is 0 Å². The number of rotatable bonds is 5. The Morgan fingerprint density at radius 1 is 1.62 bits per heavy atom. The SMILES string of the molecule is Cc1cn(CO[C@@H](CCl)CBr)c(=O)[nH]c1=O. The van der Waals surface area contributed by atoms with Crippen LogP contribution in [-0.2, 0) is 11.5 Å². The number of nitrogens with zero attached hydrogens (tertiary/aromatic N) is 1. The standard InChI is InChI=1S/C9H12BrClN2O3/c1-6-4-13(9(15)12-8(6)14)5-16-7(2-10)3-11/h4,7H,2-3,5H2,1H3,(H,12,14,15)/t7-/m1/s1. The Hall–Kier alpha value is -0.590. The van der Waals surface area contributed by atoms with E-state index < -0.39 is 5.69 Å². The van der Waals surface area contributed by atoms with Crippen LogP contribution in [0.4, 0.5) is 0 Å². The summed E-state index contributed by atoms with van der Waals surface area (Å²) in [5.74, 6) is 0.336. The van der Waals surface area contributed by atoms with Crippen molar-refractivity contribution in [2.75, 3.05) is 11.2 Å². The maximum absolute atomic E-state index is 11.4. The molecular weight excluding hydrogens is 299 g/mol. The van der Waals surface area contributed by atoms with E-state index in [1.807, 2.05) is 0 Å². The summed E-state index contributed by atoms with van der Waals surface area (Å²) in [6.45, 7) is 1.69. The largest absolute Gasteiger partial charge is 0.355 e. The van der Waals surface area contributed by atoms with E-state index >= 15 is 0 Å². The highest BCUT2D eigenvalue weighted by Gasteiger charge is 2.07. The molecule has 0 unspecified atom stereocenters. The summed E-state index contributed by atoms with van der Waals surface area (Å²) in [5, 5.41) is 0.591. The van der Waals surface area contributed by atoms with Crippen molar-refractivity contribution in [2.45, 2.75) is 19.8 Å². The minimum atomic E-state index is -0.488. The van der Waals surface area contributed by atoms with Crippen LogP contribution in [-0.4, -0.2) is 26.9 Å². The van der Waals surface area contributed by atoms with E-state index in [0.717, 1.165) is 0 Å². The number of aryl methyl sites for hydroxylation is 1. The molecule has 16 heavy (non-hydrogen) atoms. The highest BCUT2D eigenvalue weighted by molar-refractivity contribution is 9.09. The van der Waals surface area contributed by atoms with Gasteiger partial charge in [0, 0.05) is 23.0 Å². The Bertz CT molecular complexity index is 453. The van der Waals surface area contributed by atoms with E-state index in [2.05, 4.69) is 20.9 Å². The van der Waals surface area contributed by atoms with E-state index in [9.17, 15) is 9.59 Å². The van der Waals surface area contributed by atoms with Crippen LogP contribution in [0.15, 0.2) is 15.8 Å². The number of halogens is 2. The van der Waals surface area contributed by atoms with Gasteiger partial charge >= 0.3 is 5.69 Å². The van der Waals surface area contributed by atoms with Crippen LogP contribution >= 0.6 is 27.5 Å². The number of hydrogen-bond acceptors (Lipinski definition) is 3. The molecule has 0 aromatic carbocycles. The molecule has 90 valence electrons. The first-order valence-electron chi connectivity index (χ1n) is 4.62. The van der Waals surface area contributed by atoms with Gasteiger partial charge in [0.25, 0.3) is 5.56 Å². The van der Waals surface area contributed by atoms with Crippen LogP contribution in [0, 0.1) is 6.92 Å². The van der Waals surface area contributed by atoms with Crippen LogP contribution in [0.2, 0.25) is 0 Å². The first-order valence-corrected chi connectivity index (χ1v) is 6.28. The number of hydrogen-bond donors (Lipinski definition) is 1. The lowest BCUT2D eigenvalue weighted by atomic mass is 10.4. The van der Waals surface area contributed by atoms with E-state index in [0.29, 0.717) is 16.8 Å². The third-order valence-electron chi connectivity index (χ3n) is 1.98. The molecule has 0 fully saturated rings. The van der Waals surface area contributed by atoms with Crippen molar-refractivity contribution >= 4 is 27.5 Å². The molecule has 0 saturated heterocycles. The minimum Gasteiger partial charge on any atom is -0.355 e. The molecule has 1 heterocycles. The average Bonchev–Trinajstić information content (AvgIpc) is 2.26. The molecule has 1 aromatic rings. The number of nitrogens with one attached hydrogen (secondary N) is 1. The average molecular weight is 312 g/mol. The summed E-state index contributed by atoms with van der Waals surface area (Å²) in [5.41, 5.74) is -0.404. The first kappa shape index (κ1) is 13.5. The Kier molecular flexibility index (Phi) is 5.24. The van der Waals surface area contributed by atoms with Crippen molar-refractivity contribution in [1.82, 2.24) is 9.55 Å². The van der Waals surface area contributed by atoms with Gasteiger partial charge in [-0.1, -0.05) is 15.9 Å². The third kappa shape index (κ3) is 3.47. The zero-order chi connectivity index (χ0) is 12.1. The van der Waals surface area contributed by atoms with Gasteiger partial charge in [-0.15, -0.1) is 11.6 Å². The van der Waals surface area contributed by atoms with E-state index in [4.69, 9.17) is 16.3 Å². The monoisotopic (exact) mass is 310 g/mol. The molecule has 7 heteroatoms. The third-order valence-corrected chi connectivity index (χ3v) is 3.05. The number of aromatic nitrogens is 2. The van der Waals surface area contributed by atoms with Crippen LogP contribution in [0.5, 0.6) is 0 Å². The molecule has 0 saturated carbocycles. The molecule has 5 nitrogen and oxygen atoms in total. The van der Waals surface area contributed by atoms with Gasteiger partial charge in [0.2, 0.25) is 0 Å². The summed E-state index contributed by atoms with van der Waals surface area (Å²) >= 11 is 8.87. The van der Waals surface area contributed by atoms with Crippen LogP contribution in [0.1, 0.15) is 5.56 Å². The van der Waals surface area contributed by atoms with Gasteiger partial charge in [-0.2, -0.15) is 0 Å². The lowest BCUT2D eigenvalue weighted by molar-refractivity contribution is 0.0311. The summed E-state index contributed by atoms with van der Waals surface area (Å²) < 4.78 is 6.65. The maximum Gasteiger partial charge on any atom is 0.330 e. The van der Waals surface area contributed by atoms with E-state index in [-0.39, 0.29) is 18.4 Å². The minimum absolute atomic E-state index is 0.0689. The Balaban J connectivity index is 2.78.